The molecule has 3 N–H and O–H groups in total. The minimum Gasteiger partial charge on any atom is -0.395 e. The molecule has 122 valence electrons. The summed E-state index contributed by atoms with van der Waals surface area (Å²) < 4.78 is 0. The van der Waals surface area contributed by atoms with Crippen LogP contribution in [0.5, 0.6) is 0 Å². The zero-order valence-corrected chi connectivity index (χ0v) is 14.1. The molecule has 0 spiro atoms. The number of carbonyl (C=O) groups is 1. The highest BCUT2D eigenvalue weighted by atomic mass is 35.5. The summed E-state index contributed by atoms with van der Waals surface area (Å²) in [5, 5.41) is 15.6. The number of aliphatic hydroxyl groups is 1. The Bertz CT molecular complexity index is 701. The van der Waals surface area contributed by atoms with Crippen molar-refractivity contribution in [1.29, 1.82) is 0 Å². The fourth-order valence-corrected chi connectivity index (χ4v) is 2.47. The van der Waals surface area contributed by atoms with E-state index in [0.29, 0.717) is 12.1 Å². The van der Waals surface area contributed by atoms with Gasteiger partial charge in [-0.1, -0.05) is 29.8 Å². The van der Waals surface area contributed by atoms with E-state index in [9.17, 15) is 4.79 Å². The lowest BCUT2D eigenvalue weighted by Crippen LogP contribution is -2.27. The van der Waals surface area contributed by atoms with Crippen molar-refractivity contribution in [3.63, 3.8) is 0 Å². The zero-order valence-electron chi connectivity index (χ0n) is 13.3. The first kappa shape index (κ1) is 17.3. The SMILES string of the molecule is Cc1cc(CNc2cccc(C(=O)NCCO)c2C)ccc1Cl. The van der Waals surface area contributed by atoms with Crippen LogP contribution < -0.4 is 10.6 Å². The third-order valence-electron chi connectivity index (χ3n) is 3.68. The van der Waals surface area contributed by atoms with Crippen LogP contribution >= 0.6 is 11.6 Å². The van der Waals surface area contributed by atoms with E-state index in [1.54, 1.807) is 6.07 Å². The molecule has 0 saturated heterocycles. The summed E-state index contributed by atoms with van der Waals surface area (Å²) in [6.07, 6.45) is 0. The van der Waals surface area contributed by atoms with Gasteiger partial charge in [-0.25, -0.2) is 0 Å². The number of aliphatic hydroxyl groups excluding tert-OH is 1. The van der Waals surface area contributed by atoms with Gasteiger partial charge in [0.05, 0.1) is 6.61 Å². The van der Waals surface area contributed by atoms with Gasteiger partial charge in [0.25, 0.3) is 5.91 Å². The van der Waals surface area contributed by atoms with Crippen molar-refractivity contribution in [2.24, 2.45) is 0 Å². The molecule has 0 fully saturated rings. The first-order valence-electron chi connectivity index (χ1n) is 7.50. The van der Waals surface area contributed by atoms with Gasteiger partial charge in [0.2, 0.25) is 0 Å². The van der Waals surface area contributed by atoms with Gasteiger partial charge in [-0.3, -0.25) is 4.79 Å². The number of halogens is 1. The largest absolute Gasteiger partial charge is 0.395 e. The maximum atomic E-state index is 12.1. The van der Waals surface area contributed by atoms with Crippen LogP contribution in [0.4, 0.5) is 5.69 Å². The molecule has 5 heteroatoms. The summed E-state index contributed by atoms with van der Waals surface area (Å²) in [7, 11) is 0. The van der Waals surface area contributed by atoms with E-state index in [4.69, 9.17) is 16.7 Å². The second kappa shape index (κ2) is 7.99. The third-order valence-corrected chi connectivity index (χ3v) is 4.11. The van der Waals surface area contributed by atoms with E-state index in [2.05, 4.69) is 10.6 Å². The minimum atomic E-state index is -0.178. The molecular weight excluding hydrogens is 312 g/mol. The quantitative estimate of drug-likeness (QED) is 0.760. The molecular formula is C18H21ClN2O2. The first-order chi connectivity index (χ1) is 11.0. The monoisotopic (exact) mass is 332 g/mol. The Morgan fingerprint density at radius 3 is 2.70 bits per heavy atom. The molecule has 4 nitrogen and oxygen atoms in total. The van der Waals surface area contributed by atoms with Crippen LogP contribution in [0.1, 0.15) is 27.0 Å². The van der Waals surface area contributed by atoms with Crippen LogP contribution in [0.3, 0.4) is 0 Å². The molecule has 0 saturated carbocycles. The highest BCUT2D eigenvalue weighted by Gasteiger charge is 2.11. The molecule has 0 unspecified atom stereocenters. The smallest absolute Gasteiger partial charge is 0.251 e. The summed E-state index contributed by atoms with van der Waals surface area (Å²) in [6.45, 7) is 4.71. The lowest BCUT2D eigenvalue weighted by molar-refractivity contribution is 0.0944. The standard InChI is InChI=1S/C18H21ClN2O2/c1-12-10-14(6-7-16(12)19)11-21-17-5-3-4-15(13(17)2)18(23)20-8-9-22/h3-7,10,21-22H,8-9,11H2,1-2H3,(H,20,23). The highest BCUT2D eigenvalue weighted by Crippen LogP contribution is 2.21. The van der Waals surface area contributed by atoms with Crippen LogP contribution in [0, 0.1) is 13.8 Å². The van der Waals surface area contributed by atoms with E-state index >= 15 is 0 Å². The van der Waals surface area contributed by atoms with Crippen LogP contribution in [0.25, 0.3) is 0 Å². The van der Waals surface area contributed by atoms with Gasteiger partial charge < -0.3 is 15.7 Å². The molecule has 0 atom stereocenters. The predicted octanol–water partition coefficient (Wildman–Crippen LogP) is 3.29. The van der Waals surface area contributed by atoms with E-state index in [1.807, 2.05) is 44.2 Å². The molecule has 2 aromatic rings. The Balaban J connectivity index is 2.11. The first-order valence-corrected chi connectivity index (χ1v) is 7.88. The lowest BCUT2D eigenvalue weighted by atomic mass is 10.1. The van der Waals surface area contributed by atoms with Crippen molar-refractivity contribution in [1.82, 2.24) is 5.32 Å². The van der Waals surface area contributed by atoms with Crippen LogP contribution in [0.15, 0.2) is 36.4 Å². The van der Waals surface area contributed by atoms with Crippen molar-refractivity contribution < 1.29 is 9.90 Å². The summed E-state index contributed by atoms with van der Waals surface area (Å²) in [4.78, 5) is 12.1. The summed E-state index contributed by atoms with van der Waals surface area (Å²) in [5.41, 5.74) is 4.57. The second-order valence-corrected chi connectivity index (χ2v) is 5.80. The Morgan fingerprint density at radius 1 is 1.22 bits per heavy atom. The van der Waals surface area contributed by atoms with Gasteiger partial charge in [0, 0.05) is 29.4 Å². The van der Waals surface area contributed by atoms with Gasteiger partial charge in [0.15, 0.2) is 0 Å². The lowest BCUT2D eigenvalue weighted by Gasteiger charge is -2.14. The molecule has 1 amide bonds. The fourth-order valence-electron chi connectivity index (χ4n) is 2.35. The van der Waals surface area contributed by atoms with Gasteiger partial charge in [0.1, 0.15) is 0 Å². The van der Waals surface area contributed by atoms with Gasteiger partial charge in [-0.2, -0.15) is 0 Å². The Kier molecular flexibility index (Phi) is 6.02. The van der Waals surface area contributed by atoms with Crippen molar-refractivity contribution in [3.05, 3.63) is 63.7 Å². The summed E-state index contributed by atoms with van der Waals surface area (Å²) >= 11 is 6.04. The number of rotatable bonds is 6. The molecule has 0 aliphatic heterocycles. The second-order valence-electron chi connectivity index (χ2n) is 5.39. The minimum absolute atomic E-state index is 0.0708. The van der Waals surface area contributed by atoms with Gasteiger partial charge in [-0.15, -0.1) is 0 Å². The van der Waals surface area contributed by atoms with Crippen molar-refractivity contribution in [3.8, 4) is 0 Å². The van der Waals surface area contributed by atoms with Gasteiger partial charge in [-0.05, 0) is 48.7 Å². The maximum Gasteiger partial charge on any atom is 0.251 e. The average molecular weight is 333 g/mol. The molecule has 0 aliphatic carbocycles. The van der Waals surface area contributed by atoms with Crippen LogP contribution in [-0.4, -0.2) is 24.2 Å². The Morgan fingerprint density at radius 2 is 2.00 bits per heavy atom. The predicted molar refractivity (Wildman–Crippen MR) is 94.1 cm³/mol. The molecule has 0 radical (unpaired) electrons. The number of anilines is 1. The molecule has 0 aromatic heterocycles. The van der Waals surface area contributed by atoms with Crippen LogP contribution in [0.2, 0.25) is 5.02 Å². The van der Waals surface area contributed by atoms with E-state index in [-0.39, 0.29) is 19.1 Å². The topological polar surface area (TPSA) is 61.4 Å². The molecule has 0 bridgehead atoms. The number of hydrogen-bond donors (Lipinski definition) is 3. The van der Waals surface area contributed by atoms with E-state index < -0.39 is 0 Å². The number of amides is 1. The van der Waals surface area contributed by atoms with Crippen molar-refractivity contribution in [2.75, 3.05) is 18.5 Å². The van der Waals surface area contributed by atoms with Crippen LogP contribution in [-0.2, 0) is 6.54 Å². The number of carbonyl (C=O) groups excluding carboxylic acids is 1. The number of hydrogen-bond acceptors (Lipinski definition) is 3. The summed E-state index contributed by atoms with van der Waals surface area (Å²) in [6, 6.07) is 11.5. The van der Waals surface area contributed by atoms with Crippen molar-refractivity contribution in [2.45, 2.75) is 20.4 Å². The number of benzene rings is 2. The number of nitrogens with one attached hydrogen (secondary N) is 2. The molecule has 23 heavy (non-hydrogen) atoms. The zero-order chi connectivity index (χ0) is 16.8. The number of aryl methyl sites for hydroxylation is 1. The van der Waals surface area contributed by atoms with Gasteiger partial charge >= 0.3 is 0 Å². The Hall–Kier alpha value is -2.04. The summed E-state index contributed by atoms with van der Waals surface area (Å²) in [5.74, 6) is -0.178. The van der Waals surface area contributed by atoms with E-state index in [0.717, 1.165) is 27.4 Å². The molecule has 0 aliphatic rings. The van der Waals surface area contributed by atoms with E-state index in [1.165, 1.54) is 0 Å². The maximum absolute atomic E-state index is 12.1. The third kappa shape index (κ3) is 4.47. The molecule has 2 rings (SSSR count). The average Bonchev–Trinajstić information content (AvgIpc) is 2.54. The normalized spacial score (nSPS) is 10.4. The molecule has 0 heterocycles. The Labute approximate surface area is 141 Å². The fraction of sp³-hybridized carbons (Fsp3) is 0.278. The molecule has 2 aromatic carbocycles. The highest BCUT2D eigenvalue weighted by molar-refractivity contribution is 6.31. The van der Waals surface area contributed by atoms with Crippen molar-refractivity contribution >= 4 is 23.2 Å².